The van der Waals surface area contributed by atoms with Crippen molar-refractivity contribution in [1.29, 1.82) is 0 Å². The minimum absolute atomic E-state index is 0.0159. The van der Waals surface area contributed by atoms with Crippen LogP contribution in [0.15, 0.2) is 36.0 Å². The maximum atomic E-state index is 12.4. The van der Waals surface area contributed by atoms with Crippen LogP contribution in [-0.4, -0.2) is 41.9 Å². The highest BCUT2D eigenvalue weighted by atomic mass is 16.5. The van der Waals surface area contributed by atoms with Crippen LogP contribution in [0.25, 0.3) is 6.08 Å². The Morgan fingerprint density at radius 1 is 1.23 bits per heavy atom. The van der Waals surface area contributed by atoms with Crippen molar-refractivity contribution >= 4 is 23.9 Å². The summed E-state index contributed by atoms with van der Waals surface area (Å²) in [5.74, 6) is -1.29. The molecule has 0 saturated carbocycles. The highest BCUT2D eigenvalue weighted by Gasteiger charge is 2.26. The normalized spacial score (nSPS) is 17.5. The van der Waals surface area contributed by atoms with Crippen molar-refractivity contribution in [3.8, 4) is 0 Å². The third-order valence-electron chi connectivity index (χ3n) is 4.39. The number of hydrogen-bond acceptors (Lipinski definition) is 4. The number of hydrogen-bond donors (Lipinski definition) is 1. The first-order valence-corrected chi connectivity index (χ1v) is 9.02. The maximum absolute atomic E-state index is 12.4. The van der Waals surface area contributed by atoms with E-state index in [1.54, 1.807) is 17.0 Å². The number of esters is 1. The van der Waals surface area contributed by atoms with Crippen LogP contribution in [0.4, 0.5) is 0 Å². The van der Waals surface area contributed by atoms with Crippen LogP contribution >= 0.6 is 0 Å². The molecule has 26 heavy (non-hydrogen) atoms. The third-order valence-corrected chi connectivity index (χ3v) is 4.39. The van der Waals surface area contributed by atoms with Gasteiger partial charge in [-0.15, -0.1) is 0 Å². The van der Waals surface area contributed by atoms with E-state index in [0.717, 1.165) is 31.2 Å². The molecule has 140 valence electrons. The molecule has 2 rings (SSSR count). The monoisotopic (exact) mass is 358 g/mol. The molecule has 1 heterocycles. The quantitative estimate of drug-likeness (QED) is 0.626. The second kappa shape index (κ2) is 9.75. The molecule has 1 aromatic rings. The van der Waals surface area contributed by atoms with E-state index >= 15 is 0 Å². The number of rotatable bonds is 6. The second-order valence-electron chi connectivity index (χ2n) is 6.37. The Morgan fingerprint density at radius 3 is 2.62 bits per heavy atom. The molecule has 6 nitrogen and oxygen atoms in total. The number of ether oxygens (including phenoxy) is 1. The lowest BCUT2D eigenvalue weighted by molar-refractivity contribution is -0.151. The second-order valence-corrected chi connectivity index (χ2v) is 6.37. The van der Waals surface area contributed by atoms with Gasteiger partial charge in [0, 0.05) is 19.5 Å². The summed E-state index contributed by atoms with van der Waals surface area (Å²) in [6, 6.07) is 9.33. The van der Waals surface area contributed by atoms with Gasteiger partial charge in [-0.2, -0.15) is 0 Å². The first-order chi connectivity index (χ1) is 12.5. The van der Waals surface area contributed by atoms with E-state index in [4.69, 9.17) is 4.74 Å². The number of nitrogens with one attached hydrogen (secondary N) is 1. The third kappa shape index (κ3) is 5.72. The standard InChI is InChI=1S/C20H26N2O4/c1-3-17-11-7-8-12-22(17)19(24)14-26-20(25)18(21-15(2)23)13-16-9-5-4-6-10-16/h4-6,9-10,13,17H,3,7-8,11-12,14H2,1-2H3,(H,21,23)/b18-13-/t17-/m0/s1. The molecule has 1 aliphatic rings. The predicted molar refractivity (Wildman–Crippen MR) is 98.8 cm³/mol. The highest BCUT2D eigenvalue weighted by molar-refractivity contribution is 5.98. The Kier molecular flexibility index (Phi) is 7.38. The molecule has 1 fully saturated rings. The Balaban J connectivity index is 2.01. The van der Waals surface area contributed by atoms with Gasteiger partial charge in [0.25, 0.3) is 5.91 Å². The zero-order valence-electron chi connectivity index (χ0n) is 15.4. The minimum Gasteiger partial charge on any atom is -0.451 e. The van der Waals surface area contributed by atoms with Gasteiger partial charge in [0.05, 0.1) is 0 Å². The number of likely N-dealkylation sites (tertiary alicyclic amines) is 1. The van der Waals surface area contributed by atoms with E-state index in [1.165, 1.54) is 13.0 Å². The van der Waals surface area contributed by atoms with Crippen molar-refractivity contribution in [2.45, 2.75) is 45.6 Å². The first kappa shape index (κ1) is 19.7. The molecule has 2 amide bonds. The van der Waals surface area contributed by atoms with Crippen LogP contribution in [0, 0.1) is 0 Å². The fraction of sp³-hybridized carbons (Fsp3) is 0.450. The zero-order chi connectivity index (χ0) is 18.9. The minimum atomic E-state index is -0.720. The Hall–Kier alpha value is -2.63. The van der Waals surface area contributed by atoms with Gasteiger partial charge >= 0.3 is 5.97 Å². The molecule has 0 aliphatic carbocycles. The van der Waals surface area contributed by atoms with Gasteiger partial charge in [-0.3, -0.25) is 9.59 Å². The molecule has 0 radical (unpaired) electrons. The van der Waals surface area contributed by atoms with Crippen LogP contribution in [0.5, 0.6) is 0 Å². The van der Waals surface area contributed by atoms with Crippen LogP contribution in [-0.2, 0) is 19.1 Å². The molecular weight excluding hydrogens is 332 g/mol. The predicted octanol–water partition coefficient (Wildman–Crippen LogP) is 2.50. The average molecular weight is 358 g/mol. The Bertz CT molecular complexity index is 670. The molecule has 6 heteroatoms. The molecule has 1 N–H and O–H groups in total. The van der Waals surface area contributed by atoms with Crippen LogP contribution in [0.1, 0.15) is 45.1 Å². The van der Waals surface area contributed by atoms with E-state index < -0.39 is 5.97 Å². The smallest absolute Gasteiger partial charge is 0.355 e. The van der Waals surface area contributed by atoms with Crippen molar-refractivity contribution in [1.82, 2.24) is 10.2 Å². The largest absolute Gasteiger partial charge is 0.451 e. The topological polar surface area (TPSA) is 75.7 Å². The lowest BCUT2D eigenvalue weighted by Crippen LogP contribution is -2.45. The summed E-state index contributed by atoms with van der Waals surface area (Å²) in [6.07, 6.45) is 5.51. The van der Waals surface area contributed by atoms with Crippen molar-refractivity contribution < 1.29 is 19.1 Å². The number of nitrogens with zero attached hydrogens (tertiary/aromatic N) is 1. The van der Waals surface area contributed by atoms with Crippen molar-refractivity contribution in [2.75, 3.05) is 13.2 Å². The molecule has 1 aliphatic heterocycles. The average Bonchev–Trinajstić information content (AvgIpc) is 2.65. The van der Waals surface area contributed by atoms with Crippen molar-refractivity contribution in [3.63, 3.8) is 0 Å². The van der Waals surface area contributed by atoms with Crippen LogP contribution in [0.3, 0.4) is 0 Å². The fourth-order valence-corrected chi connectivity index (χ4v) is 3.09. The van der Waals surface area contributed by atoms with Crippen molar-refractivity contribution in [3.05, 3.63) is 41.6 Å². The zero-order valence-corrected chi connectivity index (χ0v) is 15.4. The molecular formula is C20H26N2O4. The molecule has 1 aromatic carbocycles. The summed E-state index contributed by atoms with van der Waals surface area (Å²) >= 11 is 0. The van der Waals surface area contributed by atoms with Crippen LogP contribution in [0.2, 0.25) is 0 Å². The first-order valence-electron chi connectivity index (χ1n) is 9.02. The lowest BCUT2D eigenvalue weighted by atomic mass is 10.00. The highest BCUT2D eigenvalue weighted by Crippen LogP contribution is 2.19. The number of amides is 2. The molecule has 1 saturated heterocycles. The molecule has 0 bridgehead atoms. The van der Waals surface area contributed by atoms with E-state index in [-0.39, 0.29) is 30.2 Å². The summed E-state index contributed by atoms with van der Waals surface area (Å²) in [7, 11) is 0. The Labute approximate surface area is 154 Å². The van der Waals surface area contributed by atoms with Gasteiger partial charge in [0.2, 0.25) is 5.91 Å². The molecule has 0 unspecified atom stereocenters. The lowest BCUT2D eigenvalue weighted by Gasteiger charge is -2.35. The van der Waals surface area contributed by atoms with Gasteiger partial charge in [0.15, 0.2) is 6.61 Å². The summed E-state index contributed by atoms with van der Waals surface area (Å²) in [5.41, 5.74) is 0.767. The van der Waals surface area contributed by atoms with E-state index in [9.17, 15) is 14.4 Å². The Morgan fingerprint density at radius 2 is 1.96 bits per heavy atom. The van der Waals surface area contributed by atoms with Gasteiger partial charge in [-0.25, -0.2) is 4.79 Å². The number of piperidine rings is 1. The van der Waals surface area contributed by atoms with Crippen molar-refractivity contribution in [2.24, 2.45) is 0 Å². The molecule has 0 aromatic heterocycles. The summed E-state index contributed by atoms with van der Waals surface area (Å²) in [6.45, 7) is 3.75. The maximum Gasteiger partial charge on any atom is 0.355 e. The number of carbonyl (C=O) groups excluding carboxylic acids is 3. The fourth-order valence-electron chi connectivity index (χ4n) is 3.09. The molecule has 1 atom stereocenters. The number of carbonyl (C=O) groups is 3. The van der Waals surface area contributed by atoms with E-state index in [2.05, 4.69) is 12.2 Å². The summed E-state index contributed by atoms with van der Waals surface area (Å²) in [5, 5.41) is 2.47. The van der Waals surface area contributed by atoms with Gasteiger partial charge in [-0.05, 0) is 37.3 Å². The molecule has 0 spiro atoms. The van der Waals surface area contributed by atoms with E-state index in [1.807, 2.05) is 18.2 Å². The summed E-state index contributed by atoms with van der Waals surface area (Å²) < 4.78 is 5.17. The number of benzene rings is 1. The van der Waals surface area contributed by atoms with E-state index in [0.29, 0.717) is 6.54 Å². The van der Waals surface area contributed by atoms with Gasteiger partial charge < -0.3 is 15.0 Å². The van der Waals surface area contributed by atoms with Gasteiger partial charge in [0.1, 0.15) is 5.70 Å². The SMILES string of the molecule is CC[C@H]1CCCCN1C(=O)COC(=O)/C(=C/c1ccccc1)NC(C)=O. The summed E-state index contributed by atoms with van der Waals surface area (Å²) in [4.78, 5) is 37.9. The van der Waals surface area contributed by atoms with Crippen LogP contribution < -0.4 is 5.32 Å². The van der Waals surface area contributed by atoms with Gasteiger partial charge in [-0.1, -0.05) is 37.3 Å².